The van der Waals surface area contributed by atoms with Gasteiger partial charge in [-0.2, -0.15) is 0 Å². The maximum atomic E-state index is 10.7. The first-order chi connectivity index (χ1) is 4.81. The van der Waals surface area contributed by atoms with Crippen molar-refractivity contribution in [1.29, 1.82) is 0 Å². The van der Waals surface area contributed by atoms with Crippen LogP contribution in [0, 0.1) is 0 Å². The minimum absolute atomic E-state index is 0. The van der Waals surface area contributed by atoms with Crippen LogP contribution in [0.2, 0.25) is 0 Å². The van der Waals surface area contributed by atoms with Crippen LogP contribution in [0.1, 0.15) is 39.5 Å². The molecule has 4 heteroatoms. The van der Waals surface area contributed by atoms with Gasteiger partial charge in [0, 0.05) is 51.2 Å². The zero-order valence-electron chi connectivity index (χ0n) is 7.46. The van der Waals surface area contributed by atoms with Crippen molar-refractivity contribution in [2.75, 3.05) is 6.61 Å². The molecule has 0 aromatic heterocycles. The Balaban J connectivity index is -0.000000405. The predicted octanol–water partition coefficient (Wildman–Crippen LogP) is 2.12. The molecule has 0 saturated heterocycles. The van der Waals surface area contributed by atoms with Gasteiger partial charge in [-0.15, -0.1) is 0 Å². The summed E-state index contributed by atoms with van der Waals surface area (Å²) in [7, 11) is 0. The summed E-state index contributed by atoms with van der Waals surface area (Å²) in [6.07, 6.45) is 3.83. The zero-order chi connectivity index (χ0) is 7.82. The Morgan fingerprint density at radius 1 is 1.17 bits per heavy atom. The molecule has 2 nitrogen and oxygen atoms in total. The smallest absolute Gasteiger partial charge is 0.305 e. The van der Waals surface area contributed by atoms with Gasteiger partial charge in [-0.1, -0.05) is 19.8 Å². The molecule has 2 radical (unpaired) electrons. The third-order valence-electron chi connectivity index (χ3n) is 1.29. The third-order valence-corrected chi connectivity index (χ3v) is 1.29. The second-order valence-electron chi connectivity index (χ2n) is 2.26. The normalized spacial score (nSPS) is 7.83. The maximum Gasteiger partial charge on any atom is 0.305 e. The maximum absolute atomic E-state index is 10.7. The molecule has 0 aromatic carbocycles. The van der Waals surface area contributed by atoms with E-state index in [-0.39, 0.29) is 50.7 Å². The first-order valence-electron chi connectivity index (χ1n) is 3.96. The number of hydrogen-bond donors (Lipinski definition) is 0. The van der Waals surface area contributed by atoms with Crippen molar-refractivity contribution in [3.05, 3.63) is 0 Å². The molecule has 0 rings (SSSR count). The fraction of sp³-hybridized carbons (Fsp3) is 0.875. The van der Waals surface area contributed by atoms with Crippen LogP contribution in [0.5, 0.6) is 0 Å². The van der Waals surface area contributed by atoms with E-state index in [2.05, 4.69) is 6.92 Å². The number of esters is 1. The summed E-state index contributed by atoms with van der Waals surface area (Å²) in [5.74, 6) is -0.0593. The Labute approximate surface area is 106 Å². The second kappa shape index (κ2) is 14.5. The number of hydrogen-bond acceptors (Lipinski definition) is 2. The van der Waals surface area contributed by atoms with Gasteiger partial charge in [-0.3, -0.25) is 4.79 Å². The topological polar surface area (TPSA) is 26.3 Å². The summed E-state index contributed by atoms with van der Waals surface area (Å²) < 4.78 is 4.75. The van der Waals surface area contributed by atoms with E-state index in [4.69, 9.17) is 4.74 Å². The fourth-order valence-corrected chi connectivity index (χ4v) is 0.752. The summed E-state index contributed by atoms with van der Waals surface area (Å²) >= 11 is 0. The number of carbonyl (C=O) groups is 1. The van der Waals surface area contributed by atoms with Gasteiger partial charge in [0.25, 0.3) is 0 Å². The first-order valence-corrected chi connectivity index (χ1v) is 3.96. The molecule has 0 atom stereocenters. The molecule has 0 fully saturated rings. The van der Waals surface area contributed by atoms with Crippen molar-refractivity contribution < 1.29 is 54.3 Å². The van der Waals surface area contributed by atoms with Crippen LogP contribution in [0.4, 0.5) is 0 Å². The van der Waals surface area contributed by atoms with Gasteiger partial charge >= 0.3 is 5.97 Å². The molecule has 0 aromatic rings. The molecule has 0 N–H and O–H groups in total. The van der Waals surface area contributed by atoms with E-state index in [1.54, 1.807) is 0 Å². The Morgan fingerprint density at radius 2 is 1.75 bits per heavy atom. The van der Waals surface area contributed by atoms with Gasteiger partial charge < -0.3 is 4.74 Å². The Hall–Kier alpha value is 0.951. The molecule has 12 heavy (non-hydrogen) atoms. The van der Waals surface area contributed by atoms with E-state index >= 15 is 0 Å². The summed E-state index contributed by atoms with van der Waals surface area (Å²) in [6.45, 7) is 4.45. The van der Waals surface area contributed by atoms with Crippen LogP contribution in [0.15, 0.2) is 0 Å². The quantitative estimate of drug-likeness (QED) is 0.427. The molecule has 0 unspecified atom stereocenters. The molecule has 0 saturated carbocycles. The van der Waals surface area contributed by atoms with E-state index in [0.717, 1.165) is 19.3 Å². The summed E-state index contributed by atoms with van der Waals surface area (Å²) in [5, 5.41) is 0. The van der Waals surface area contributed by atoms with Crippen molar-refractivity contribution in [2.24, 2.45) is 0 Å². The van der Waals surface area contributed by atoms with Crippen molar-refractivity contribution in [2.45, 2.75) is 39.5 Å². The Morgan fingerprint density at radius 3 is 2.17 bits per heavy atom. The molecular formula is C8H16Ag2O2. The molecule has 0 aliphatic rings. The van der Waals surface area contributed by atoms with Crippen molar-refractivity contribution >= 4 is 5.97 Å². The first kappa shape index (κ1) is 18.7. The molecule has 0 spiro atoms. The van der Waals surface area contributed by atoms with Crippen LogP contribution < -0.4 is 0 Å². The zero-order valence-corrected chi connectivity index (χ0v) is 10.4. The average Bonchev–Trinajstić information content (AvgIpc) is 1.89. The van der Waals surface area contributed by atoms with Gasteiger partial charge in [0.1, 0.15) is 0 Å². The molecule has 0 bridgehead atoms. The standard InChI is InChI=1S/C8H16O2.2Ag/c1-3-5-6-7-8(9)10-4-2;;/h3-7H2,1-2H3;;. The summed E-state index contributed by atoms with van der Waals surface area (Å²) in [5.41, 5.74) is 0. The van der Waals surface area contributed by atoms with Crippen LogP contribution in [0.25, 0.3) is 0 Å². The summed E-state index contributed by atoms with van der Waals surface area (Å²) in [4.78, 5) is 10.7. The SMILES string of the molecule is CCCCCC(=O)OCC.[Ag].[Ag]. The number of rotatable bonds is 5. The second-order valence-corrected chi connectivity index (χ2v) is 2.26. The van der Waals surface area contributed by atoms with E-state index in [0.29, 0.717) is 13.0 Å². The van der Waals surface area contributed by atoms with E-state index < -0.39 is 0 Å². The van der Waals surface area contributed by atoms with Gasteiger partial charge in [0.2, 0.25) is 0 Å². The van der Waals surface area contributed by atoms with Gasteiger partial charge in [-0.25, -0.2) is 0 Å². The molecule has 82 valence electrons. The van der Waals surface area contributed by atoms with Gasteiger partial charge in [0.15, 0.2) is 0 Å². The van der Waals surface area contributed by atoms with Crippen molar-refractivity contribution in [1.82, 2.24) is 0 Å². The average molecular weight is 360 g/mol. The molecular weight excluding hydrogens is 344 g/mol. The predicted molar refractivity (Wildman–Crippen MR) is 40.8 cm³/mol. The monoisotopic (exact) mass is 358 g/mol. The van der Waals surface area contributed by atoms with E-state index in [1.807, 2.05) is 6.92 Å². The molecule has 0 aliphatic carbocycles. The minimum Gasteiger partial charge on any atom is -0.466 e. The Kier molecular flexibility index (Phi) is 22.5. The fourth-order valence-electron chi connectivity index (χ4n) is 0.752. The van der Waals surface area contributed by atoms with Crippen LogP contribution >= 0.6 is 0 Å². The van der Waals surface area contributed by atoms with Crippen molar-refractivity contribution in [3.63, 3.8) is 0 Å². The molecule has 0 aliphatic heterocycles. The molecule has 0 heterocycles. The van der Waals surface area contributed by atoms with Crippen LogP contribution in [-0.2, 0) is 54.3 Å². The third kappa shape index (κ3) is 13.5. The van der Waals surface area contributed by atoms with Gasteiger partial charge in [-0.05, 0) is 13.3 Å². The minimum atomic E-state index is -0.0593. The van der Waals surface area contributed by atoms with Gasteiger partial charge in [0.05, 0.1) is 6.61 Å². The number of carbonyl (C=O) groups excluding carboxylic acids is 1. The number of ether oxygens (including phenoxy) is 1. The van der Waals surface area contributed by atoms with E-state index in [9.17, 15) is 4.79 Å². The molecule has 0 amide bonds. The Bertz CT molecular complexity index is 97.1. The largest absolute Gasteiger partial charge is 0.466 e. The van der Waals surface area contributed by atoms with Crippen molar-refractivity contribution in [3.8, 4) is 0 Å². The summed E-state index contributed by atoms with van der Waals surface area (Å²) in [6, 6.07) is 0. The number of unbranched alkanes of at least 4 members (excludes halogenated alkanes) is 2. The van der Waals surface area contributed by atoms with E-state index in [1.165, 1.54) is 0 Å². The van der Waals surface area contributed by atoms with Crippen LogP contribution in [-0.4, -0.2) is 12.6 Å². The van der Waals surface area contributed by atoms with Crippen LogP contribution in [0.3, 0.4) is 0 Å².